The van der Waals surface area contributed by atoms with Crippen molar-refractivity contribution in [1.29, 1.82) is 0 Å². The summed E-state index contributed by atoms with van der Waals surface area (Å²) in [5.41, 5.74) is 1.19. The summed E-state index contributed by atoms with van der Waals surface area (Å²) in [6, 6.07) is 5.35. The van der Waals surface area contributed by atoms with Crippen molar-refractivity contribution < 1.29 is 13.9 Å². The first-order valence-corrected chi connectivity index (χ1v) is 10.0. The third-order valence-electron chi connectivity index (χ3n) is 5.67. The second-order valence-electron chi connectivity index (χ2n) is 8.15. The number of nitrogens with zero attached hydrogens (tertiary/aromatic N) is 1. The van der Waals surface area contributed by atoms with Gasteiger partial charge >= 0.3 is 0 Å². The van der Waals surface area contributed by atoms with Crippen molar-refractivity contribution in [2.75, 3.05) is 19.6 Å². The fourth-order valence-electron chi connectivity index (χ4n) is 3.69. The SMILES string of the molecule is CC(C)N1CCC(Oc2cc3[nH]c(C(=O)NCC4CC4)cc3cc2F)CC1. The van der Waals surface area contributed by atoms with Crippen LogP contribution in [-0.2, 0) is 0 Å². The molecule has 1 aromatic heterocycles. The Kier molecular flexibility index (Phi) is 5.08. The highest BCUT2D eigenvalue weighted by atomic mass is 19.1. The molecule has 0 radical (unpaired) electrons. The Hall–Kier alpha value is -2.08. The lowest BCUT2D eigenvalue weighted by atomic mass is 10.1. The number of carbonyl (C=O) groups excluding carboxylic acids is 1. The van der Waals surface area contributed by atoms with Crippen LogP contribution in [-0.4, -0.2) is 47.6 Å². The zero-order chi connectivity index (χ0) is 19.0. The molecule has 146 valence electrons. The van der Waals surface area contributed by atoms with Crippen LogP contribution in [0.4, 0.5) is 4.39 Å². The van der Waals surface area contributed by atoms with Gasteiger partial charge in [-0.1, -0.05) is 0 Å². The molecule has 0 unspecified atom stereocenters. The van der Waals surface area contributed by atoms with E-state index in [4.69, 9.17) is 4.74 Å². The molecule has 1 aliphatic heterocycles. The summed E-state index contributed by atoms with van der Waals surface area (Å²) in [5, 5.41) is 3.62. The van der Waals surface area contributed by atoms with Gasteiger partial charge in [0.1, 0.15) is 11.8 Å². The first kappa shape index (κ1) is 18.3. The predicted molar refractivity (Wildman–Crippen MR) is 104 cm³/mol. The first-order valence-electron chi connectivity index (χ1n) is 10.0. The number of hydrogen-bond donors (Lipinski definition) is 2. The van der Waals surface area contributed by atoms with Gasteiger partial charge in [-0.2, -0.15) is 0 Å². The van der Waals surface area contributed by atoms with Gasteiger partial charge in [0.2, 0.25) is 0 Å². The molecule has 1 saturated heterocycles. The van der Waals surface area contributed by atoms with Crippen LogP contribution in [0.2, 0.25) is 0 Å². The number of hydrogen-bond acceptors (Lipinski definition) is 3. The highest BCUT2D eigenvalue weighted by Gasteiger charge is 2.24. The molecule has 0 atom stereocenters. The summed E-state index contributed by atoms with van der Waals surface area (Å²) >= 11 is 0. The molecule has 2 N–H and O–H groups in total. The molecule has 1 aliphatic carbocycles. The maximum absolute atomic E-state index is 14.5. The third-order valence-corrected chi connectivity index (χ3v) is 5.67. The maximum atomic E-state index is 14.5. The molecule has 5 nitrogen and oxygen atoms in total. The second kappa shape index (κ2) is 7.50. The lowest BCUT2D eigenvalue weighted by Crippen LogP contribution is -2.41. The van der Waals surface area contributed by atoms with Crippen molar-refractivity contribution in [3.8, 4) is 5.75 Å². The predicted octanol–water partition coefficient (Wildman–Crippen LogP) is 3.70. The highest BCUT2D eigenvalue weighted by Crippen LogP contribution is 2.29. The molecule has 1 amide bonds. The molecule has 2 aliphatic rings. The van der Waals surface area contributed by atoms with Crippen LogP contribution in [0.3, 0.4) is 0 Å². The number of carbonyl (C=O) groups is 1. The maximum Gasteiger partial charge on any atom is 0.267 e. The van der Waals surface area contributed by atoms with E-state index in [0.717, 1.165) is 31.4 Å². The summed E-state index contributed by atoms with van der Waals surface area (Å²) in [5.74, 6) is 0.370. The fourth-order valence-corrected chi connectivity index (χ4v) is 3.69. The number of piperidine rings is 1. The van der Waals surface area contributed by atoms with E-state index in [1.807, 2.05) is 0 Å². The number of amides is 1. The van der Waals surface area contributed by atoms with Gasteiger partial charge in [0.15, 0.2) is 11.6 Å². The number of H-pyrrole nitrogens is 1. The third kappa shape index (κ3) is 4.26. The number of fused-ring (bicyclic) bond motifs is 1. The summed E-state index contributed by atoms with van der Waals surface area (Å²) in [6.07, 6.45) is 4.21. The molecule has 2 aromatic rings. The lowest BCUT2D eigenvalue weighted by Gasteiger charge is -2.34. The van der Waals surface area contributed by atoms with Gasteiger partial charge in [-0.25, -0.2) is 4.39 Å². The smallest absolute Gasteiger partial charge is 0.267 e. The van der Waals surface area contributed by atoms with E-state index in [1.165, 1.54) is 18.9 Å². The molecule has 1 saturated carbocycles. The summed E-state index contributed by atoms with van der Waals surface area (Å²) < 4.78 is 20.5. The molecule has 0 bridgehead atoms. The van der Waals surface area contributed by atoms with Gasteiger partial charge in [0.25, 0.3) is 5.91 Å². The Morgan fingerprint density at radius 2 is 2.00 bits per heavy atom. The topological polar surface area (TPSA) is 57.4 Å². The Bertz CT molecular complexity index is 820. The van der Waals surface area contributed by atoms with E-state index in [9.17, 15) is 9.18 Å². The van der Waals surface area contributed by atoms with Crippen LogP contribution >= 0.6 is 0 Å². The minimum atomic E-state index is -0.377. The average molecular weight is 373 g/mol. The number of rotatable bonds is 6. The minimum Gasteiger partial charge on any atom is -0.487 e. The van der Waals surface area contributed by atoms with E-state index in [2.05, 4.69) is 29.0 Å². The Balaban J connectivity index is 1.44. The van der Waals surface area contributed by atoms with Crippen LogP contribution < -0.4 is 10.1 Å². The monoisotopic (exact) mass is 373 g/mol. The van der Waals surface area contributed by atoms with Gasteiger partial charge in [-0.3, -0.25) is 4.79 Å². The fraction of sp³-hybridized carbons (Fsp3) is 0.571. The molecule has 27 heavy (non-hydrogen) atoms. The average Bonchev–Trinajstić information content (AvgIpc) is 3.39. The van der Waals surface area contributed by atoms with Gasteiger partial charge in [0, 0.05) is 42.6 Å². The summed E-state index contributed by atoms with van der Waals surface area (Å²) in [7, 11) is 0. The van der Waals surface area contributed by atoms with E-state index in [1.54, 1.807) is 12.1 Å². The quantitative estimate of drug-likeness (QED) is 0.812. The van der Waals surface area contributed by atoms with Crippen molar-refractivity contribution in [1.82, 2.24) is 15.2 Å². The van der Waals surface area contributed by atoms with E-state index in [0.29, 0.717) is 29.6 Å². The number of likely N-dealkylation sites (tertiary alicyclic amines) is 1. The molecule has 4 rings (SSSR count). The van der Waals surface area contributed by atoms with Gasteiger partial charge in [0.05, 0.1) is 0 Å². The summed E-state index contributed by atoms with van der Waals surface area (Å²) in [6.45, 7) is 7.04. The van der Waals surface area contributed by atoms with Crippen molar-refractivity contribution in [2.45, 2.75) is 51.7 Å². The second-order valence-corrected chi connectivity index (χ2v) is 8.15. The number of benzene rings is 1. The number of aromatic nitrogens is 1. The molecule has 0 spiro atoms. The first-order chi connectivity index (χ1) is 13.0. The molecule has 2 fully saturated rings. The van der Waals surface area contributed by atoms with Gasteiger partial charge in [-0.05, 0) is 57.6 Å². The minimum absolute atomic E-state index is 0.0308. The molecular weight excluding hydrogens is 345 g/mol. The number of nitrogens with one attached hydrogen (secondary N) is 2. The largest absolute Gasteiger partial charge is 0.487 e. The zero-order valence-corrected chi connectivity index (χ0v) is 16.1. The Morgan fingerprint density at radius 1 is 1.26 bits per heavy atom. The van der Waals surface area contributed by atoms with Crippen LogP contribution in [0.1, 0.15) is 50.0 Å². The number of ether oxygens (including phenoxy) is 1. The van der Waals surface area contributed by atoms with E-state index in [-0.39, 0.29) is 23.6 Å². The van der Waals surface area contributed by atoms with E-state index < -0.39 is 0 Å². The molecule has 2 heterocycles. The van der Waals surface area contributed by atoms with Crippen molar-refractivity contribution >= 4 is 16.8 Å². The standard InChI is InChI=1S/C21H28FN3O2/c1-13(2)25-7-5-16(6-8-25)27-20-11-18-15(9-17(20)22)10-19(24-18)21(26)23-12-14-3-4-14/h9-11,13-14,16,24H,3-8,12H2,1-2H3,(H,23,26). The Labute approximate surface area is 159 Å². The van der Waals surface area contributed by atoms with Crippen LogP contribution in [0.15, 0.2) is 18.2 Å². The van der Waals surface area contributed by atoms with Crippen molar-refractivity contribution in [3.05, 3.63) is 29.7 Å². The highest BCUT2D eigenvalue weighted by molar-refractivity contribution is 5.98. The van der Waals surface area contributed by atoms with E-state index >= 15 is 0 Å². The van der Waals surface area contributed by atoms with Crippen LogP contribution in [0, 0.1) is 11.7 Å². The molecular formula is C21H28FN3O2. The molecule has 1 aromatic carbocycles. The zero-order valence-electron chi connectivity index (χ0n) is 16.1. The van der Waals surface area contributed by atoms with Crippen LogP contribution in [0.5, 0.6) is 5.75 Å². The van der Waals surface area contributed by atoms with Gasteiger partial charge < -0.3 is 19.9 Å². The van der Waals surface area contributed by atoms with Crippen molar-refractivity contribution in [2.24, 2.45) is 5.92 Å². The normalized spacial score (nSPS) is 19.0. The van der Waals surface area contributed by atoms with Crippen molar-refractivity contribution in [3.63, 3.8) is 0 Å². The van der Waals surface area contributed by atoms with Gasteiger partial charge in [-0.15, -0.1) is 0 Å². The Morgan fingerprint density at radius 3 is 2.67 bits per heavy atom. The number of halogens is 1. The number of aromatic amines is 1. The van der Waals surface area contributed by atoms with Crippen LogP contribution in [0.25, 0.3) is 10.9 Å². The summed E-state index contributed by atoms with van der Waals surface area (Å²) in [4.78, 5) is 17.8. The molecule has 6 heteroatoms. The lowest BCUT2D eigenvalue weighted by molar-refractivity contribution is 0.0817.